The van der Waals surface area contributed by atoms with Crippen molar-refractivity contribution in [2.45, 2.75) is 31.2 Å². The van der Waals surface area contributed by atoms with Gasteiger partial charge in [-0.15, -0.1) is 0 Å². The van der Waals surface area contributed by atoms with Crippen LogP contribution in [0.15, 0.2) is 93.0 Å². The highest BCUT2D eigenvalue weighted by molar-refractivity contribution is 7.89. The number of aryl methyl sites for hydroxylation is 2. The second-order valence-electron chi connectivity index (χ2n) is 8.11. The molecule has 1 atom stereocenters. The number of anilines is 1. The molecule has 3 aromatic carbocycles. The van der Waals surface area contributed by atoms with Gasteiger partial charge in [0.2, 0.25) is 15.9 Å². The van der Waals surface area contributed by atoms with E-state index in [-0.39, 0.29) is 11.3 Å². The van der Waals surface area contributed by atoms with Crippen LogP contribution in [-0.2, 0) is 14.8 Å². The van der Waals surface area contributed by atoms with Gasteiger partial charge in [0.1, 0.15) is 5.58 Å². The number of carbonyl (C=O) groups excluding carboxylic acids is 1. The van der Waals surface area contributed by atoms with E-state index in [0.717, 1.165) is 16.5 Å². The summed E-state index contributed by atoms with van der Waals surface area (Å²) < 4.78 is 33.9. The van der Waals surface area contributed by atoms with Gasteiger partial charge in [0, 0.05) is 29.6 Å². The lowest BCUT2D eigenvalue weighted by atomic mass is 10.0. The van der Waals surface area contributed by atoms with Crippen LogP contribution in [0.4, 0.5) is 5.69 Å². The predicted octanol–water partition coefficient (Wildman–Crippen LogP) is 4.46. The van der Waals surface area contributed by atoms with Gasteiger partial charge < -0.3 is 9.73 Å². The Hall–Kier alpha value is -3.75. The van der Waals surface area contributed by atoms with Crippen molar-refractivity contribution in [3.63, 3.8) is 0 Å². The largest absolute Gasteiger partial charge is 0.423 e. The molecular formula is C26H24N2O5S. The van der Waals surface area contributed by atoms with E-state index in [1.807, 2.05) is 19.9 Å². The molecule has 1 heterocycles. The van der Waals surface area contributed by atoms with Crippen LogP contribution < -0.4 is 15.7 Å². The van der Waals surface area contributed by atoms with Gasteiger partial charge in [-0.3, -0.25) is 4.79 Å². The smallest absolute Gasteiger partial charge is 0.336 e. The SMILES string of the molecule is Cc1ccc(S(=O)(=O)N[C@@H](CC(=O)Nc2ccc3c(C)cc(=O)oc3c2)c2ccccc2)cc1. The van der Waals surface area contributed by atoms with Crippen LogP contribution >= 0.6 is 0 Å². The van der Waals surface area contributed by atoms with Crippen molar-refractivity contribution in [2.75, 3.05) is 5.32 Å². The molecule has 0 saturated carbocycles. The fourth-order valence-corrected chi connectivity index (χ4v) is 4.91. The molecule has 0 radical (unpaired) electrons. The monoisotopic (exact) mass is 476 g/mol. The molecule has 0 fully saturated rings. The van der Waals surface area contributed by atoms with Crippen molar-refractivity contribution in [3.05, 3.63) is 106 Å². The lowest BCUT2D eigenvalue weighted by molar-refractivity contribution is -0.116. The van der Waals surface area contributed by atoms with Crippen LogP contribution in [0.5, 0.6) is 0 Å². The maximum Gasteiger partial charge on any atom is 0.336 e. The van der Waals surface area contributed by atoms with E-state index < -0.39 is 27.6 Å². The van der Waals surface area contributed by atoms with Crippen molar-refractivity contribution in [3.8, 4) is 0 Å². The summed E-state index contributed by atoms with van der Waals surface area (Å²) in [4.78, 5) is 24.7. The summed E-state index contributed by atoms with van der Waals surface area (Å²) in [6.07, 6.45) is -0.134. The molecule has 1 amide bonds. The molecule has 0 aliphatic rings. The molecule has 8 heteroatoms. The van der Waals surface area contributed by atoms with E-state index in [0.29, 0.717) is 16.8 Å². The minimum absolute atomic E-state index is 0.124. The topological polar surface area (TPSA) is 105 Å². The molecule has 1 aromatic heterocycles. The minimum atomic E-state index is -3.86. The Labute approximate surface area is 197 Å². The van der Waals surface area contributed by atoms with Gasteiger partial charge in [-0.1, -0.05) is 48.0 Å². The number of hydrogen-bond donors (Lipinski definition) is 2. The van der Waals surface area contributed by atoms with Gasteiger partial charge in [-0.25, -0.2) is 17.9 Å². The zero-order valence-corrected chi connectivity index (χ0v) is 19.6. The van der Waals surface area contributed by atoms with Gasteiger partial charge in [0.05, 0.1) is 10.9 Å². The summed E-state index contributed by atoms with van der Waals surface area (Å²) in [7, 11) is -3.86. The lowest BCUT2D eigenvalue weighted by Gasteiger charge is -2.19. The first-order valence-corrected chi connectivity index (χ1v) is 12.2. The number of sulfonamides is 1. The molecule has 4 rings (SSSR count). The number of nitrogens with one attached hydrogen (secondary N) is 2. The van der Waals surface area contributed by atoms with Gasteiger partial charge in [-0.05, 0) is 49.2 Å². The summed E-state index contributed by atoms with van der Waals surface area (Å²) in [6.45, 7) is 3.68. The van der Waals surface area contributed by atoms with Crippen LogP contribution in [0, 0.1) is 13.8 Å². The Morgan fingerprint density at radius 1 is 0.941 bits per heavy atom. The molecule has 4 aromatic rings. The Bertz CT molecular complexity index is 1490. The molecule has 0 spiro atoms. The maximum absolute atomic E-state index is 13.0. The fraction of sp³-hybridized carbons (Fsp3) is 0.154. The van der Waals surface area contributed by atoms with E-state index in [4.69, 9.17) is 4.42 Å². The van der Waals surface area contributed by atoms with Gasteiger partial charge in [0.25, 0.3) is 0 Å². The molecular weight excluding hydrogens is 452 g/mol. The van der Waals surface area contributed by atoms with Crippen molar-refractivity contribution < 1.29 is 17.6 Å². The lowest BCUT2D eigenvalue weighted by Crippen LogP contribution is -2.31. The first-order chi connectivity index (χ1) is 16.2. The third-order valence-electron chi connectivity index (χ3n) is 5.46. The van der Waals surface area contributed by atoms with Crippen molar-refractivity contribution in [1.82, 2.24) is 4.72 Å². The maximum atomic E-state index is 13.0. The van der Waals surface area contributed by atoms with Crippen molar-refractivity contribution >= 4 is 32.6 Å². The first-order valence-electron chi connectivity index (χ1n) is 10.7. The van der Waals surface area contributed by atoms with E-state index in [9.17, 15) is 18.0 Å². The second-order valence-corrected chi connectivity index (χ2v) is 9.82. The van der Waals surface area contributed by atoms with E-state index in [1.54, 1.807) is 54.6 Å². The number of amides is 1. The standard InChI is InChI=1S/C26H24N2O5S/c1-17-8-11-21(12-9-17)34(31,32)28-23(19-6-4-3-5-7-19)16-25(29)27-20-10-13-22-18(2)14-26(30)33-24(22)15-20/h3-15,23,28H,16H2,1-2H3,(H,27,29)/t23-/m0/s1. The van der Waals surface area contributed by atoms with Gasteiger partial charge in [-0.2, -0.15) is 0 Å². The molecule has 7 nitrogen and oxygen atoms in total. The highest BCUT2D eigenvalue weighted by atomic mass is 32.2. The number of hydrogen-bond acceptors (Lipinski definition) is 5. The predicted molar refractivity (Wildman–Crippen MR) is 131 cm³/mol. The van der Waals surface area contributed by atoms with Gasteiger partial charge >= 0.3 is 5.63 Å². The molecule has 34 heavy (non-hydrogen) atoms. The number of benzene rings is 3. The average molecular weight is 477 g/mol. The summed E-state index contributed by atoms with van der Waals surface area (Å²) >= 11 is 0. The fourth-order valence-electron chi connectivity index (χ4n) is 3.69. The summed E-state index contributed by atoms with van der Waals surface area (Å²) in [5, 5.41) is 3.54. The zero-order valence-electron chi connectivity index (χ0n) is 18.7. The van der Waals surface area contributed by atoms with Gasteiger partial charge in [0.15, 0.2) is 0 Å². The Morgan fingerprint density at radius 3 is 2.35 bits per heavy atom. The van der Waals surface area contributed by atoms with Crippen LogP contribution in [0.25, 0.3) is 11.0 Å². The Balaban J connectivity index is 1.57. The molecule has 0 aliphatic carbocycles. The van der Waals surface area contributed by atoms with E-state index >= 15 is 0 Å². The van der Waals surface area contributed by atoms with Crippen LogP contribution in [-0.4, -0.2) is 14.3 Å². The first kappa shape index (κ1) is 23.4. The molecule has 174 valence electrons. The van der Waals surface area contributed by atoms with Crippen LogP contribution in [0.1, 0.15) is 29.2 Å². The van der Waals surface area contributed by atoms with E-state index in [2.05, 4.69) is 10.0 Å². The van der Waals surface area contributed by atoms with Crippen LogP contribution in [0.3, 0.4) is 0 Å². The minimum Gasteiger partial charge on any atom is -0.423 e. The molecule has 0 unspecified atom stereocenters. The second kappa shape index (κ2) is 9.62. The summed E-state index contributed by atoms with van der Waals surface area (Å²) in [5.41, 5.74) is 2.72. The highest BCUT2D eigenvalue weighted by Gasteiger charge is 2.24. The van der Waals surface area contributed by atoms with Crippen LogP contribution in [0.2, 0.25) is 0 Å². The third-order valence-corrected chi connectivity index (χ3v) is 6.94. The highest BCUT2D eigenvalue weighted by Crippen LogP contribution is 2.24. The summed E-state index contributed by atoms with van der Waals surface area (Å²) in [6, 6.07) is 21.1. The average Bonchev–Trinajstić information content (AvgIpc) is 2.79. The normalized spacial score (nSPS) is 12.4. The zero-order chi connectivity index (χ0) is 24.3. The number of carbonyl (C=O) groups is 1. The quantitative estimate of drug-likeness (QED) is 0.383. The molecule has 0 bridgehead atoms. The number of fused-ring (bicyclic) bond motifs is 1. The Kier molecular flexibility index (Phi) is 6.63. The third kappa shape index (κ3) is 5.41. The van der Waals surface area contributed by atoms with E-state index in [1.165, 1.54) is 18.2 Å². The molecule has 0 aliphatic heterocycles. The van der Waals surface area contributed by atoms with Crippen molar-refractivity contribution in [2.24, 2.45) is 0 Å². The number of rotatable bonds is 7. The molecule has 0 saturated heterocycles. The molecule has 2 N–H and O–H groups in total. The van der Waals surface area contributed by atoms with Crippen molar-refractivity contribution in [1.29, 1.82) is 0 Å². The Morgan fingerprint density at radius 2 is 1.65 bits per heavy atom. The summed E-state index contributed by atoms with van der Waals surface area (Å²) in [5.74, 6) is -0.394.